The van der Waals surface area contributed by atoms with Crippen molar-refractivity contribution in [2.75, 3.05) is 5.73 Å². The van der Waals surface area contributed by atoms with Crippen molar-refractivity contribution in [2.24, 2.45) is 0 Å². The van der Waals surface area contributed by atoms with Crippen molar-refractivity contribution in [1.82, 2.24) is 14.9 Å². The first-order valence-corrected chi connectivity index (χ1v) is 7.23. The number of hydrogen-bond donors (Lipinski definition) is 2. The second kappa shape index (κ2) is 5.29. The van der Waals surface area contributed by atoms with Crippen molar-refractivity contribution in [3.05, 3.63) is 41.3 Å². The molecule has 6 nitrogen and oxygen atoms in total. The lowest BCUT2D eigenvalue weighted by atomic mass is 10.1. The van der Waals surface area contributed by atoms with E-state index in [-0.39, 0.29) is 17.5 Å². The van der Waals surface area contributed by atoms with E-state index in [1.807, 2.05) is 13.0 Å². The van der Waals surface area contributed by atoms with Crippen LogP contribution in [0.2, 0.25) is 0 Å². The number of rotatable bonds is 4. The minimum Gasteiger partial charge on any atom is -0.383 e. The fraction of sp³-hybridized carbons (Fsp3) is 0.312. The molecule has 1 aromatic carbocycles. The van der Waals surface area contributed by atoms with E-state index >= 15 is 0 Å². The minimum atomic E-state index is -0.177. The van der Waals surface area contributed by atoms with Gasteiger partial charge in [0.15, 0.2) is 11.6 Å². The highest BCUT2D eigenvalue weighted by atomic mass is 16.1. The predicted molar refractivity (Wildman–Crippen MR) is 83.2 cm³/mol. The summed E-state index contributed by atoms with van der Waals surface area (Å²) >= 11 is 0. The van der Waals surface area contributed by atoms with Gasteiger partial charge in [-0.05, 0) is 37.5 Å². The van der Waals surface area contributed by atoms with E-state index < -0.39 is 0 Å². The van der Waals surface area contributed by atoms with Crippen LogP contribution in [-0.2, 0) is 0 Å². The molecule has 1 aliphatic carbocycles. The van der Waals surface area contributed by atoms with Gasteiger partial charge in [0.05, 0.1) is 11.9 Å². The Morgan fingerprint density at radius 2 is 2.09 bits per heavy atom. The second-order valence-corrected chi connectivity index (χ2v) is 5.65. The number of anilines is 1. The molecule has 6 heteroatoms. The van der Waals surface area contributed by atoms with Crippen LogP contribution in [-0.4, -0.2) is 27.3 Å². The van der Waals surface area contributed by atoms with Crippen molar-refractivity contribution in [3.63, 3.8) is 0 Å². The van der Waals surface area contributed by atoms with Crippen LogP contribution in [0, 0.1) is 6.92 Å². The summed E-state index contributed by atoms with van der Waals surface area (Å²) in [5, 5.41) is 2.95. The highest BCUT2D eigenvalue weighted by molar-refractivity contribution is 5.96. The van der Waals surface area contributed by atoms with Crippen LogP contribution >= 0.6 is 0 Å². The summed E-state index contributed by atoms with van der Waals surface area (Å²) in [7, 11) is 0. The third-order valence-corrected chi connectivity index (χ3v) is 3.73. The maximum Gasteiger partial charge on any atom is 0.251 e. The molecule has 0 bridgehead atoms. The van der Waals surface area contributed by atoms with Crippen LogP contribution in [0.5, 0.6) is 0 Å². The summed E-state index contributed by atoms with van der Waals surface area (Å²) in [6, 6.07) is 5.66. The first kappa shape index (κ1) is 14.3. The first-order valence-electron chi connectivity index (χ1n) is 7.23. The summed E-state index contributed by atoms with van der Waals surface area (Å²) in [6.45, 7) is 3.35. The summed E-state index contributed by atoms with van der Waals surface area (Å²) in [6.07, 6.45) is 3.52. The maximum atomic E-state index is 12.2. The number of amides is 1. The molecule has 1 fully saturated rings. The van der Waals surface area contributed by atoms with E-state index in [2.05, 4.69) is 10.3 Å². The van der Waals surface area contributed by atoms with Gasteiger partial charge >= 0.3 is 0 Å². The number of nitrogens with one attached hydrogen (secondary N) is 1. The van der Waals surface area contributed by atoms with Crippen LogP contribution in [0.4, 0.5) is 5.82 Å². The zero-order valence-electron chi connectivity index (χ0n) is 12.6. The van der Waals surface area contributed by atoms with Crippen molar-refractivity contribution in [3.8, 4) is 5.69 Å². The van der Waals surface area contributed by atoms with E-state index in [1.54, 1.807) is 16.7 Å². The van der Waals surface area contributed by atoms with E-state index in [9.17, 15) is 9.59 Å². The molecule has 2 aromatic rings. The van der Waals surface area contributed by atoms with Crippen LogP contribution in [0.3, 0.4) is 0 Å². The zero-order valence-corrected chi connectivity index (χ0v) is 12.6. The van der Waals surface area contributed by atoms with E-state index in [1.165, 1.54) is 13.1 Å². The number of nitrogens with zero attached hydrogens (tertiary/aromatic N) is 2. The van der Waals surface area contributed by atoms with E-state index in [0.717, 1.165) is 18.4 Å². The first-order chi connectivity index (χ1) is 10.5. The minimum absolute atomic E-state index is 0.105. The van der Waals surface area contributed by atoms with Crippen LogP contribution in [0.25, 0.3) is 5.69 Å². The molecule has 0 spiro atoms. The molecule has 0 saturated heterocycles. The van der Waals surface area contributed by atoms with Crippen LogP contribution in [0.15, 0.2) is 24.4 Å². The molecule has 1 aliphatic rings. The topological polar surface area (TPSA) is 90.0 Å². The van der Waals surface area contributed by atoms with Gasteiger partial charge in [0.25, 0.3) is 5.91 Å². The van der Waals surface area contributed by atoms with Crippen molar-refractivity contribution < 1.29 is 9.59 Å². The molecule has 1 saturated carbocycles. The number of nitrogen functional groups attached to an aromatic ring is 1. The molecule has 0 aliphatic heterocycles. The third-order valence-electron chi connectivity index (χ3n) is 3.73. The Bertz CT molecular complexity index is 760. The highest BCUT2D eigenvalue weighted by Gasteiger charge is 2.24. The van der Waals surface area contributed by atoms with Crippen molar-refractivity contribution >= 4 is 17.5 Å². The van der Waals surface area contributed by atoms with Gasteiger partial charge in [-0.3, -0.25) is 14.2 Å². The number of ketones is 1. The SMILES string of the molecule is CC(=O)c1ncc(N)n1-c1cc(C(=O)NC2CC2)ccc1C. The molecule has 1 heterocycles. The lowest BCUT2D eigenvalue weighted by Gasteiger charge is -2.13. The number of imidazole rings is 1. The Morgan fingerprint density at radius 3 is 2.73 bits per heavy atom. The quantitative estimate of drug-likeness (QED) is 0.843. The molecule has 1 aromatic heterocycles. The van der Waals surface area contributed by atoms with Gasteiger partial charge in [0.1, 0.15) is 5.82 Å². The molecule has 0 unspecified atom stereocenters. The summed E-state index contributed by atoms with van der Waals surface area (Å²) in [5.41, 5.74) is 8.11. The van der Waals surface area contributed by atoms with Crippen LogP contribution < -0.4 is 11.1 Å². The van der Waals surface area contributed by atoms with Gasteiger partial charge in [0.2, 0.25) is 0 Å². The Labute approximate surface area is 128 Å². The van der Waals surface area contributed by atoms with Crippen LogP contribution in [0.1, 0.15) is 46.3 Å². The second-order valence-electron chi connectivity index (χ2n) is 5.65. The fourth-order valence-corrected chi connectivity index (χ4v) is 2.35. The zero-order chi connectivity index (χ0) is 15.9. The van der Waals surface area contributed by atoms with E-state index in [4.69, 9.17) is 5.73 Å². The number of aryl methyl sites for hydroxylation is 1. The predicted octanol–water partition coefficient (Wildman–Crippen LogP) is 1.86. The average molecular weight is 298 g/mol. The standard InChI is InChI=1S/C16H18N4O2/c1-9-3-4-11(16(22)19-12-5-6-12)7-13(9)20-14(17)8-18-15(20)10(2)21/h3-4,7-8,12H,5-6,17H2,1-2H3,(H,19,22). The number of nitrogens with two attached hydrogens (primary N) is 1. The molecule has 3 N–H and O–H groups in total. The fourth-order valence-electron chi connectivity index (χ4n) is 2.35. The number of carbonyl (C=O) groups is 2. The lowest BCUT2D eigenvalue weighted by molar-refractivity contribution is 0.0950. The Balaban J connectivity index is 2.04. The molecular formula is C16H18N4O2. The monoisotopic (exact) mass is 298 g/mol. The highest BCUT2D eigenvalue weighted by Crippen LogP contribution is 2.23. The average Bonchev–Trinajstić information content (AvgIpc) is 3.19. The number of Topliss-reactive ketones (excluding diaryl/α,β-unsaturated/α-hetero) is 1. The summed E-state index contributed by atoms with van der Waals surface area (Å²) in [4.78, 5) is 28.0. The van der Waals surface area contributed by atoms with Gasteiger partial charge in [-0.15, -0.1) is 0 Å². The molecule has 114 valence electrons. The van der Waals surface area contributed by atoms with Gasteiger partial charge in [-0.2, -0.15) is 0 Å². The normalized spacial score (nSPS) is 13.9. The number of aromatic nitrogens is 2. The van der Waals surface area contributed by atoms with E-state index in [0.29, 0.717) is 23.1 Å². The Hall–Kier alpha value is -2.63. The Morgan fingerprint density at radius 1 is 1.36 bits per heavy atom. The lowest BCUT2D eigenvalue weighted by Crippen LogP contribution is -2.25. The third kappa shape index (κ3) is 2.59. The van der Waals surface area contributed by atoms with Gasteiger partial charge in [-0.1, -0.05) is 6.07 Å². The molecule has 1 amide bonds. The summed E-state index contributed by atoms with van der Waals surface area (Å²) in [5.74, 6) is 0.351. The van der Waals surface area contributed by atoms with Crippen molar-refractivity contribution in [1.29, 1.82) is 0 Å². The number of carbonyl (C=O) groups excluding carboxylic acids is 2. The number of hydrogen-bond acceptors (Lipinski definition) is 4. The summed E-state index contributed by atoms with van der Waals surface area (Å²) < 4.78 is 1.59. The van der Waals surface area contributed by atoms with Gasteiger partial charge in [0, 0.05) is 18.5 Å². The van der Waals surface area contributed by atoms with Gasteiger partial charge in [-0.25, -0.2) is 4.98 Å². The van der Waals surface area contributed by atoms with Crippen molar-refractivity contribution in [2.45, 2.75) is 32.7 Å². The Kier molecular flexibility index (Phi) is 3.44. The molecule has 22 heavy (non-hydrogen) atoms. The van der Waals surface area contributed by atoms with Gasteiger partial charge < -0.3 is 11.1 Å². The smallest absolute Gasteiger partial charge is 0.251 e. The maximum absolute atomic E-state index is 12.2. The molecular weight excluding hydrogens is 280 g/mol. The number of benzene rings is 1. The molecule has 0 radical (unpaired) electrons. The molecule has 0 atom stereocenters. The molecule has 3 rings (SSSR count). The largest absolute Gasteiger partial charge is 0.383 e.